The molecule has 1 aliphatic heterocycles. The van der Waals surface area contributed by atoms with Gasteiger partial charge in [-0.05, 0) is 26.3 Å². The van der Waals surface area contributed by atoms with Crippen LogP contribution in [0.5, 0.6) is 0 Å². The number of hydrogen-bond donors (Lipinski definition) is 2. The molecule has 2 N–H and O–H groups in total. The second-order valence-corrected chi connectivity index (χ2v) is 7.30. The topological polar surface area (TPSA) is 61.8 Å². The lowest BCUT2D eigenvalue weighted by molar-refractivity contribution is -0.124. The summed E-state index contributed by atoms with van der Waals surface area (Å²) < 4.78 is 5.28. The van der Waals surface area contributed by atoms with Gasteiger partial charge in [-0.25, -0.2) is 0 Å². The Bertz CT molecular complexity index is 328. The molecule has 0 spiro atoms. The van der Waals surface area contributed by atoms with E-state index in [1.807, 2.05) is 11.9 Å². The number of likely N-dealkylation sites (N-methyl/N-ethyl adjacent to an activating group) is 1. The highest BCUT2D eigenvalue weighted by atomic mass is 16.5. The van der Waals surface area contributed by atoms with E-state index in [-0.39, 0.29) is 11.9 Å². The predicted octanol–water partition coefficient (Wildman–Crippen LogP) is 1.79. The number of nitrogens with one attached hydrogen (secondary N) is 1. The van der Waals surface area contributed by atoms with Crippen LogP contribution in [0.4, 0.5) is 0 Å². The number of hydrogen-bond acceptors (Lipinski definition) is 4. The highest BCUT2D eigenvalue weighted by Crippen LogP contribution is 2.21. The molecule has 0 aromatic carbocycles. The van der Waals surface area contributed by atoms with Gasteiger partial charge in [0.25, 0.3) is 0 Å². The summed E-state index contributed by atoms with van der Waals surface area (Å²) in [6, 6.07) is 0.214. The van der Waals surface area contributed by atoms with Gasteiger partial charge in [0.2, 0.25) is 5.91 Å². The molecule has 5 heteroatoms. The van der Waals surface area contributed by atoms with Crippen molar-refractivity contribution < 1.29 is 14.6 Å². The normalized spacial score (nSPS) is 19.4. The molecule has 1 saturated heterocycles. The van der Waals surface area contributed by atoms with E-state index in [0.29, 0.717) is 45.1 Å². The fraction of sp³-hybridized carbons (Fsp3) is 0.941. The Morgan fingerprint density at radius 2 is 1.91 bits per heavy atom. The highest BCUT2D eigenvalue weighted by molar-refractivity contribution is 5.78. The third kappa shape index (κ3) is 8.11. The van der Waals surface area contributed by atoms with Crippen LogP contribution in [0.3, 0.4) is 0 Å². The van der Waals surface area contributed by atoms with Gasteiger partial charge < -0.3 is 15.2 Å². The van der Waals surface area contributed by atoms with Crippen LogP contribution in [0.1, 0.15) is 52.9 Å². The van der Waals surface area contributed by atoms with E-state index in [2.05, 4.69) is 26.1 Å². The van der Waals surface area contributed by atoms with Crippen molar-refractivity contribution in [2.75, 3.05) is 33.4 Å². The summed E-state index contributed by atoms with van der Waals surface area (Å²) in [6.45, 7) is 8.55. The molecule has 1 rings (SSSR count). The molecule has 0 saturated carbocycles. The number of ether oxygens (including phenoxy) is 1. The van der Waals surface area contributed by atoms with E-state index in [1.54, 1.807) is 0 Å². The summed E-state index contributed by atoms with van der Waals surface area (Å²) in [5.74, 6) is 0.754. The fourth-order valence-corrected chi connectivity index (χ4v) is 2.94. The summed E-state index contributed by atoms with van der Waals surface area (Å²) in [6.07, 6.45) is 4.66. The highest BCUT2D eigenvalue weighted by Gasteiger charge is 2.31. The second-order valence-electron chi connectivity index (χ2n) is 7.30. The Morgan fingerprint density at radius 1 is 1.27 bits per heavy atom. The first-order valence-corrected chi connectivity index (χ1v) is 8.59. The van der Waals surface area contributed by atoms with E-state index >= 15 is 0 Å². The van der Waals surface area contributed by atoms with Gasteiger partial charge in [-0.15, -0.1) is 0 Å². The lowest BCUT2D eigenvalue weighted by Crippen LogP contribution is -2.48. The molecular weight excluding hydrogens is 280 g/mol. The zero-order valence-electron chi connectivity index (χ0n) is 14.7. The number of aliphatic hydroxyl groups is 1. The van der Waals surface area contributed by atoms with Gasteiger partial charge in [-0.2, -0.15) is 0 Å². The average molecular weight is 314 g/mol. The number of carbonyl (C=O) groups excluding carboxylic acids is 1. The van der Waals surface area contributed by atoms with Crippen LogP contribution in [0.2, 0.25) is 0 Å². The first-order chi connectivity index (χ1) is 10.3. The van der Waals surface area contributed by atoms with Crippen molar-refractivity contribution in [1.82, 2.24) is 10.2 Å². The third-order valence-electron chi connectivity index (χ3n) is 4.23. The van der Waals surface area contributed by atoms with Crippen molar-refractivity contribution in [3.05, 3.63) is 0 Å². The second kappa shape index (κ2) is 9.48. The van der Waals surface area contributed by atoms with Crippen LogP contribution in [-0.4, -0.2) is 60.9 Å². The Hall–Kier alpha value is -0.650. The maximum atomic E-state index is 12.0. The zero-order chi connectivity index (χ0) is 16.6. The Kier molecular flexibility index (Phi) is 8.36. The van der Waals surface area contributed by atoms with Crippen molar-refractivity contribution in [3.63, 3.8) is 0 Å². The van der Waals surface area contributed by atoms with Gasteiger partial charge >= 0.3 is 0 Å². The van der Waals surface area contributed by atoms with E-state index in [9.17, 15) is 9.90 Å². The first kappa shape index (κ1) is 19.4. The van der Waals surface area contributed by atoms with Crippen molar-refractivity contribution in [2.45, 2.75) is 64.5 Å². The molecule has 0 aromatic heterocycles. The van der Waals surface area contributed by atoms with Crippen LogP contribution < -0.4 is 5.32 Å². The maximum Gasteiger partial charge on any atom is 0.234 e. The van der Waals surface area contributed by atoms with Crippen molar-refractivity contribution in [2.24, 2.45) is 5.92 Å². The predicted molar refractivity (Wildman–Crippen MR) is 88.8 cm³/mol. The van der Waals surface area contributed by atoms with Crippen LogP contribution in [0.25, 0.3) is 0 Å². The quantitative estimate of drug-likeness (QED) is 0.681. The van der Waals surface area contributed by atoms with Crippen LogP contribution in [-0.2, 0) is 9.53 Å². The van der Waals surface area contributed by atoms with Crippen molar-refractivity contribution in [1.29, 1.82) is 0 Å². The molecule has 0 bridgehead atoms. The van der Waals surface area contributed by atoms with Gasteiger partial charge in [0.15, 0.2) is 0 Å². The van der Waals surface area contributed by atoms with Gasteiger partial charge in [-0.1, -0.05) is 26.7 Å². The van der Waals surface area contributed by atoms with Gasteiger partial charge in [0, 0.05) is 38.6 Å². The number of nitrogens with zero attached hydrogens (tertiary/aromatic N) is 1. The van der Waals surface area contributed by atoms with Crippen LogP contribution >= 0.6 is 0 Å². The Labute approximate surface area is 135 Å². The minimum Gasteiger partial charge on any atom is -0.388 e. The molecule has 1 unspecified atom stereocenters. The minimum atomic E-state index is -0.712. The van der Waals surface area contributed by atoms with Crippen molar-refractivity contribution >= 4 is 5.91 Å². The lowest BCUT2D eigenvalue weighted by atomic mass is 9.94. The van der Waals surface area contributed by atoms with Crippen LogP contribution in [0.15, 0.2) is 0 Å². The Balaban J connectivity index is 2.22. The number of amides is 1. The van der Waals surface area contributed by atoms with Gasteiger partial charge in [-0.3, -0.25) is 9.69 Å². The average Bonchev–Trinajstić information content (AvgIpc) is 2.37. The monoisotopic (exact) mass is 314 g/mol. The molecule has 0 aliphatic carbocycles. The summed E-state index contributed by atoms with van der Waals surface area (Å²) in [4.78, 5) is 14.0. The number of rotatable bonds is 9. The molecule has 22 heavy (non-hydrogen) atoms. The molecule has 5 nitrogen and oxygen atoms in total. The molecule has 130 valence electrons. The van der Waals surface area contributed by atoms with E-state index in [1.165, 1.54) is 6.42 Å². The molecule has 1 atom stereocenters. The van der Waals surface area contributed by atoms with Gasteiger partial charge in [0.1, 0.15) is 0 Å². The van der Waals surface area contributed by atoms with Crippen molar-refractivity contribution in [3.8, 4) is 0 Å². The molecular formula is C17H34N2O3. The summed E-state index contributed by atoms with van der Waals surface area (Å²) >= 11 is 0. The molecule has 0 aromatic rings. The number of carbonyl (C=O) groups is 1. The largest absolute Gasteiger partial charge is 0.388 e. The van der Waals surface area contributed by atoms with E-state index < -0.39 is 5.60 Å². The lowest BCUT2D eigenvalue weighted by Gasteiger charge is -2.35. The molecule has 1 heterocycles. The van der Waals surface area contributed by atoms with E-state index in [0.717, 1.165) is 12.8 Å². The summed E-state index contributed by atoms with van der Waals surface area (Å²) in [5, 5.41) is 13.5. The smallest absolute Gasteiger partial charge is 0.234 e. The third-order valence-corrected chi connectivity index (χ3v) is 4.23. The fourth-order valence-electron chi connectivity index (χ4n) is 2.94. The molecule has 0 radical (unpaired) electrons. The summed E-state index contributed by atoms with van der Waals surface area (Å²) in [7, 11) is 1.89. The SMILES string of the molecule is CC(C)CCCC(C)NC(=O)CN(C)CC1(O)CCOCC1. The maximum absolute atomic E-state index is 12.0. The Morgan fingerprint density at radius 3 is 2.50 bits per heavy atom. The molecule has 1 aliphatic rings. The molecule has 1 amide bonds. The van der Waals surface area contributed by atoms with Crippen LogP contribution in [0, 0.1) is 5.92 Å². The van der Waals surface area contributed by atoms with Gasteiger partial charge in [0.05, 0.1) is 12.1 Å². The first-order valence-electron chi connectivity index (χ1n) is 8.59. The standard InChI is InChI=1S/C17H34N2O3/c1-14(2)6-5-7-15(3)18-16(20)12-19(4)13-17(21)8-10-22-11-9-17/h14-15,21H,5-13H2,1-4H3,(H,18,20). The molecule has 1 fully saturated rings. The summed E-state index contributed by atoms with van der Waals surface area (Å²) in [5.41, 5.74) is -0.712. The van der Waals surface area contributed by atoms with E-state index in [4.69, 9.17) is 4.74 Å². The minimum absolute atomic E-state index is 0.0372. The zero-order valence-corrected chi connectivity index (χ0v) is 14.7.